The van der Waals surface area contributed by atoms with Crippen LogP contribution in [-0.2, 0) is 9.47 Å². The molecule has 2 aromatic rings. The van der Waals surface area contributed by atoms with Gasteiger partial charge in [-0.3, -0.25) is 0 Å². The van der Waals surface area contributed by atoms with Crippen LogP contribution in [0.1, 0.15) is 101 Å². The molecule has 33 heavy (non-hydrogen) atoms. The van der Waals surface area contributed by atoms with Gasteiger partial charge in [-0.15, -0.1) is 0 Å². The molecule has 0 aromatic heterocycles. The lowest BCUT2D eigenvalue weighted by Crippen LogP contribution is -2.27. The summed E-state index contributed by atoms with van der Waals surface area (Å²) in [6.45, 7) is 6.01. The fourth-order valence-corrected chi connectivity index (χ4v) is 5.62. The number of ether oxygens (including phenoxy) is 2. The van der Waals surface area contributed by atoms with E-state index in [2.05, 4.69) is 19.9 Å². The Balaban J connectivity index is 1.33. The van der Waals surface area contributed by atoms with Crippen molar-refractivity contribution in [3.05, 3.63) is 59.4 Å². The summed E-state index contributed by atoms with van der Waals surface area (Å²) in [5.74, 6) is 1.77. The third-order valence-electron chi connectivity index (χ3n) is 7.68. The highest BCUT2D eigenvalue weighted by Crippen LogP contribution is 2.39. The fourth-order valence-electron chi connectivity index (χ4n) is 5.62. The van der Waals surface area contributed by atoms with Crippen LogP contribution in [0.4, 0.5) is 4.39 Å². The Hall–Kier alpha value is -1.71. The van der Waals surface area contributed by atoms with Crippen molar-refractivity contribution in [1.82, 2.24) is 0 Å². The standard InChI is InChI=1S/C30H41FO2/c1-3-5-6-8-23-20-32-30(33-21-23)26-15-13-25(14-16-26)28-18-17-27(19-29(28)31)24-11-9-22(7-4-2)10-12-24/h13-19,22-24,30H,3-12,20-21H2,1-2H3/t22?,23-,24?,30-. The molecule has 1 aliphatic heterocycles. The Morgan fingerprint density at radius 1 is 0.758 bits per heavy atom. The minimum atomic E-state index is -0.309. The molecule has 2 aliphatic rings. The maximum Gasteiger partial charge on any atom is 0.183 e. The van der Waals surface area contributed by atoms with Gasteiger partial charge in [0.2, 0.25) is 0 Å². The average Bonchev–Trinajstić information content (AvgIpc) is 2.85. The van der Waals surface area contributed by atoms with Crippen molar-refractivity contribution in [1.29, 1.82) is 0 Å². The van der Waals surface area contributed by atoms with E-state index in [1.807, 2.05) is 30.3 Å². The van der Waals surface area contributed by atoms with Crippen molar-refractivity contribution in [3.63, 3.8) is 0 Å². The first-order valence-corrected chi connectivity index (χ1v) is 13.3. The van der Waals surface area contributed by atoms with E-state index in [0.29, 0.717) is 17.4 Å². The van der Waals surface area contributed by atoms with Crippen molar-refractivity contribution < 1.29 is 13.9 Å². The molecule has 4 rings (SSSR count). The van der Waals surface area contributed by atoms with Crippen LogP contribution < -0.4 is 0 Å². The Morgan fingerprint density at radius 3 is 2.09 bits per heavy atom. The van der Waals surface area contributed by atoms with Crippen molar-refractivity contribution in [2.45, 2.75) is 90.3 Å². The number of rotatable bonds is 9. The summed E-state index contributed by atoms with van der Waals surface area (Å²) < 4.78 is 27.0. The number of benzene rings is 2. The van der Waals surface area contributed by atoms with Crippen LogP contribution in [0.2, 0.25) is 0 Å². The maximum absolute atomic E-state index is 15.1. The van der Waals surface area contributed by atoms with Crippen molar-refractivity contribution >= 4 is 0 Å². The molecule has 0 bridgehead atoms. The lowest BCUT2D eigenvalue weighted by Gasteiger charge is -2.29. The molecule has 180 valence electrons. The Kier molecular flexibility index (Phi) is 8.97. The summed E-state index contributed by atoms with van der Waals surface area (Å²) in [6.07, 6.45) is 12.2. The van der Waals surface area contributed by atoms with Gasteiger partial charge in [0.05, 0.1) is 13.2 Å². The van der Waals surface area contributed by atoms with Gasteiger partial charge in [0.25, 0.3) is 0 Å². The number of hydrogen-bond acceptors (Lipinski definition) is 2. The van der Waals surface area contributed by atoms with Crippen LogP contribution in [0.25, 0.3) is 11.1 Å². The van der Waals surface area contributed by atoms with Crippen molar-refractivity contribution in [3.8, 4) is 11.1 Å². The zero-order valence-electron chi connectivity index (χ0n) is 20.5. The summed E-state index contributed by atoms with van der Waals surface area (Å²) in [4.78, 5) is 0. The molecule has 0 radical (unpaired) electrons. The number of hydrogen-bond donors (Lipinski definition) is 0. The Labute approximate surface area is 199 Å². The first kappa shape index (κ1) is 24.4. The molecule has 1 saturated carbocycles. The molecule has 2 nitrogen and oxygen atoms in total. The molecule has 0 spiro atoms. The third-order valence-corrected chi connectivity index (χ3v) is 7.68. The highest BCUT2D eigenvalue weighted by molar-refractivity contribution is 5.65. The molecule has 0 unspecified atom stereocenters. The van der Waals surface area contributed by atoms with E-state index in [1.54, 1.807) is 6.07 Å². The summed E-state index contributed by atoms with van der Waals surface area (Å²) in [7, 11) is 0. The van der Waals surface area contributed by atoms with Gasteiger partial charge < -0.3 is 9.47 Å². The summed E-state index contributed by atoms with van der Waals surface area (Å²) in [5, 5.41) is 0. The van der Waals surface area contributed by atoms with E-state index in [1.165, 1.54) is 69.8 Å². The van der Waals surface area contributed by atoms with Gasteiger partial charge in [0.1, 0.15) is 5.82 Å². The van der Waals surface area contributed by atoms with E-state index in [9.17, 15) is 0 Å². The monoisotopic (exact) mass is 452 g/mol. The molecule has 1 heterocycles. The summed E-state index contributed by atoms with van der Waals surface area (Å²) in [5.41, 5.74) is 3.75. The van der Waals surface area contributed by atoms with Crippen molar-refractivity contribution in [2.24, 2.45) is 11.8 Å². The quantitative estimate of drug-likeness (QED) is 0.354. The molecule has 1 aliphatic carbocycles. The van der Waals surface area contributed by atoms with Gasteiger partial charge in [-0.25, -0.2) is 4.39 Å². The second kappa shape index (κ2) is 12.1. The lowest BCUT2D eigenvalue weighted by molar-refractivity contribution is -0.206. The van der Waals surface area contributed by atoms with E-state index >= 15 is 4.39 Å². The van der Waals surface area contributed by atoms with E-state index in [4.69, 9.17) is 9.47 Å². The molecule has 1 saturated heterocycles. The first-order valence-electron chi connectivity index (χ1n) is 13.3. The SMILES string of the molecule is CCCCC[C@H]1CO[C@H](c2ccc(-c3ccc(C4CCC(CCC)CC4)cc3F)cc2)OC1. The average molecular weight is 453 g/mol. The largest absolute Gasteiger partial charge is 0.348 e. The smallest absolute Gasteiger partial charge is 0.183 e. The predicted octanol–water partition coefficient (Wildman–Crippen LogP) is 8.81. The van der Waals surface area contributed by atoms with E-state index < -0.39 is 0 Å². The molecule has 0 N–H and O–H groups in total. The Bertz CT molecular complexity index is 846. The van der Waals surface area contributed by atoms with Crippen LogP contribution >= 0.6 is 0 Å². The zero-order chi connectivity index (χ0) is 23.0. The van der Waals surface area contributed by atoms with Crippen LogP contribution in [-0.4, -0.2) is 13.2 Å². The topological polar surface area (TPSA) is 18.5 Å². The van der Waals surface area contributed by atoms with Crippen molar-refractivity contribution in [2.75, 3.05) is 13.2 Å². The molecule has 2 fully saturated rings. The highest BCUT2D eigenvalue weighted by atomic mass is 19.1. The van der Waals surface area contributed by atoms with E-state index in [-0.39, 0.29) is 12.1 Å². The maximum atomic E-state index is 15.1. The predicted molar refractivity (Wildman–Crippen MR) is 134 cm³/mol. The molecule has 2 aromatic carbocycles. The van der Waals surface area contributed by atoms with Crippen LogP contribution in [0.15, 0.2) is 42.5 Å². The highest BCUT2D eigenvalue weighted by Gasteiger charge is 2.24. The second-order valence-corrected chi connectivity index (χ2v) is 10.2. The zero-order valence-corrected chi connectivity index (χ0v) is 20.5. The lowest BCUT2D eigenvalue weighted by atomic mass is 9.77. The van der Waals surface area contributed by atoms with Gasteiger partial charge in [-0.05, 0) is 61.1 Å². The number of unbranched alkanes of at least 4 members (excludes halogenated alkanes) is 2. The van der Waals surface area contributed by atoms with Gasteiger partial charge in [0, 0.05) is 17.0 Å². The normalized spacial score (nSPS) is 25.8. The van der Waals surface area contributed by atoms with Gasteiger partial charge in [-0.1, -0.05) is 82.3 Å². The van der Waals surface area contributed by atoms with Crippen LogP contribution in [0, 0.1) is 17.7 Å². The molecule has 3 heteroatoms. The third kappa shape index (κ3) is 6.45. The minimum absolute atomic E-state index is 0.115. The van der Waals surface area contributed by atoms with Gasteiger partial charge >= 0.3 is 0 Å². The first-order chi connectivity index (χ1) is 16.2. The molecular formula is C30H41FO2. The Morgan fingerprint density at radius 2 is 1.45 bits per heavy atom. The van der Waals surface area contributed by atoms with Gasteiger partial charge in [-0.2, -0.15) is 0 Å². The van der Waals surface area contributed by atoms with E-state index in [0.717, 1.165) is 30.3 Å². The number of halogens is 1. The molecule has 0 amide bonds. The fraction of sp³-hybridized carbons (Fsp3) is 0.600. The van der Waals surface area contributed by atoms with Crippen LogP contribution in [0.5, 0.6) is 0 Å². The second-order valence-electron chi connectivity index (χ2n) is 10.2. The van der Waals surface area contributed by atoms with Gasteiger partial charge in [0.15, 0.2) is 6.29 Å². The molecular weight excluding hydrogens is 411 g/mol. The minimum Gasteiger partial charge on any atom is -0.348 e. The summed E-state index contributed by atoms with van der Waals surface area (Å²) >= 11 is 0. The van der Waals surface area contributed by atoms with Crippen LogP contribution in [0.3, 0.4) is 0 Å². The molecule has 0 atom stereocenters. The summed E-state index contributed by atoms with van der Waals surface area (Å²) in [6, 6.07) is 13.9.